The fourth-order valence-corrected chi connectivity index (χ4v) is 9.74. The number of allylic oxidation sites excluding steroid dienone is 4. The Morgan fingerprint density at radius 1 is 0.955 bits per heavy atom. The molecule has 0 N–H and O–H groups in total. The number of carbonyl (C=O) groups excluding carboxylic acids is 2. The standard InChI is InChI=1S/C35H51BrClN5O2/c1-23(2)32-22-41(16-17-42(32)33(44)18-25-8-12-39(13-9-25)24(3)43)30-10-14-40(15-11-30)35-31-7-6-29(37)20-26(31)4-5-27-19-28(36)21-38-34(27)35/h6-7,19-21,23,25-27,30-32,34-35H,4-5,8-18,22H2,1-3H3. The van der Waals surface area contributed by atoms with Gasteiger partial charge >= 0.3 is 0 Å². The van der Waals surface area contributed by atoms with Gasteiger partial charge in [0, 0.05) is 105 Å². The van der Waals surface area contributed by atoms with Crippen molar-refractivity contribution in [2.24, 2.45) is 34.6 Å². The highest BCUT2D eigenvalue weighted by molar-refractivity contribution is 9.12. The number of halogens is 2. The zero-order valence-electron chi connectivity index (χ0n) is 26.8. The van der Waals surface area contributed by atoms with Crippen molar-refractivity contribution in [3.63, 3.8) is 0 Å². The SMILES string of the molecule is CC(=O)N1CCC(CC(=O)N2CCN(C3CCN(C4C5C=CC(Cl)=CC5CCC5C=C(Br)C=NC54)CC3)CC2C(C)C)CC1. The van der Waals surface area contributed by atoms with Crippen LogP contribution in [-0.4, -0.2) is 108 Å². The van der Waals surface area contributed by atoms with Crippen molar-refractivity contribution in [1.29, 1.82) is 0 Å². The van der Waals surface area contributed by atoms with E-state index in [0.717, 1.165) is 81.0 Å². The maximum absolute atomic E-state index is 13.6. The van der Waals surface area contributed by atoms with E-state index in [-0.39, 0.29) is 18.0 Å². The number of hydrogen-bond donors (Lipinski definition) is 0. The molecule has 0 aromatic carbocycles. The van der Waals surface area contributed by atoms with Crippen LogP contribution in [0.15, 0.2) is 38.8 Å². The van der Waals surface area contributed by atoms with Crippen LogP contribution in [0.1, 0.15) is 65.7 Å². The van der Waals surface area contributed by atoms with Gasteiger partial charge in [-0.15, -0.1) is 0 Å². The number of hydrogen-bond acceptors (Lipinski definition) is 5. The molecule has 4 heterocycles. The van der Waals surface area contributed by atoms with E-state index in [9.17, 15) is 9.59 Å². The Balaban J connectivity index is 1.07. The van der Waals surface area contributed by atoms with Gasteiger partial charge in [0.1, 0.15) is 0 Å². The van der Waals surface area contributed by atoms with Crippen LogP contribution in [0.2, 0.25) is 0 Å². The number of piperazine rings is 1. The molecular weight excluding hydrogens is 638 g/mol. The molecule has 2 amide bonds. The van der Waals surface area contributed by atoms with Crippen LogP contribution in [0, 0.1) is 29.6 Å². The molecule has 242 valence electrons. The van der Waals surface area contributed by atoms with Crippen molar-refractivity contribution in [2.45, 2.75) is 89.9 Å². The highest BCUT2D eigenvalue weighted by Gasteiger charge is 2.45. The van der Waals surface area contributed by atoms with Gasteiger partial charge in [-0.3, -0.25) is 24.4 Å². The molecule has 0 bridgehead atoms. The van der Waals surface area contributed by atoms with Gasteiger partial charge in [-0.1, -0.05) is 43.7 Å². The van der Waals surface area contributed by atoms with Crippen LogP contribution in [0.3, 0.4) is 0 Å². The molecule has 44 heavy (non-hydrogen) atoms. The fraction of sp³-hybridized carbons (Fsp3) is 0.743. The van der Waals surface area contributed by atoms with E-state index < -0.39 is 0 Å². The van der Waals surface area contributed by atoms with Gasteiger partial charge in [-0.05, 0) is 78.3 Å². The van der Waals surface area contributed by atoms with Gasteiger partial charge in [0.15, 0.2) is 0 Å². The van der Waals surface area contributed by atoms with Crippen LogP contribution in [0.25, 0.3) is 0 Å². The van der Waals surface area contributed by atoms with E-state index in [2.05, 4.69) is 68.8 Å². The number of dihydropyridines is 1. The van der Waals surface area contributed by atoms with E-state index in [1.165, 1.54) is 12.8 Å². The normalized spacial score (nSPS) is 34.3. The Bertz CT molecular complexity index is 1140. The average molecular weight is 689 g/mol. The topological polar surface area (TPSA) is 59.5 Å². The zero-order chi connectivity index (χ0) is 31.0. The molecule has 0 spiro atoms. The van der Waals surface area contributed by atoms with Crippen molar-refractivity contribution in [3.8, 4) is 0 Å². The van der Waals surface area contributed by atoms with Crippen molar-refractivity contribution >= 4 is 45.6 Å². The summed E-state index contributed by atoms with van der Waals surface area (Å²) in [5.41, 5.74) is 0. The lowest BCUT2D eigenvalue weighted by Gasteiger charge is -2.50. The number of aliphatic imine (C=N–C) groups is 1. The molecular formula is C35H51BrClN5O2. The Morgan fingerprint density at radius 3 is 2.39 bits per heavy atom. The molecule has 6 aliphatic rings. The first kappa shape index (κ1) is 32.5. The van der Waals surface area contributed by atoms with Gasteiger partial charge in [0.25, 0.3) is 0 Å². The first-order valence-electron chi connectivity index (χ1n) is 17.2. The summed E-state index contributed by atoms with van der Waals surface area (Å²) in [5.74, 6) is 2.67. The van der Waals surface area contributed by atoms with Gasteiger partial charge in [0.05, 0.1) is 6.04 Å². The predicted octanol–water partition coefficient (Wildman–Crippen LogP) is 5.70. The number of piperidine rings is 2. The van der Waals surface area contributed by atoms with E-state index in [1.54, 1.807) is 6.92 Å². The molecule has 4 aliphatic heterocycles. The number of carbonyl (C=O) groups is 2. The third kappa shape index (κ3) is 7.08. The van der Waals surface area contributed by atoms with E-state index in [0.29, 0.717) is 54.0 Å². The third-order valence-electron chi connectivity index (χ3n) is 11.6. The molecule has 0 aromatic rings. The van der Waals surface area contributed by atoms with E-state index in [1.807, 2.05) is 11.1 Å². The molecule has 3 saturated heterocycles. The first-order valence-corrected chi connectivity index (χ1v) is 18.3. The Labute approximate surface area is 277 Å². The first-order chi connectivity index (χ1) is 21.2. The number of amides is 2. The maximum Gasteiger partial charge on any atom is 0.223 e. The van der Waals surface area contributed by atoms with Crippen molar-refractivity contribution < 1.29 is 9.59 Å². The van der Waals surface area contributed by atoms with Crippen molar-refractivity contribution in [3.05, 3.63) is 33.8 Å². The number of rotatable bonds is 5. The lowest BCUT2D eigenvalue weighted by atomic mass is 9.78. The summed E-state index contributed by atoms with van der Waals surface area (Å²) in [7, 11) is 0. The average Bonchev–Trinajstić information content (AvgIpc) is 3.17. The molecule has 6 rings (SSSR count). The lowest BCUT2D eigenvalue weighted by molar-refractivity contribution is -0.140. The van der Waals surface area contributed by atoms with Crippen molar-refractivity contribution in [1.82, 2.24) is 19.6 Å². The second-order valence-electron chi connectivity index (χ2n) is 14.5. The number of nitrogens with zero attached hydrogens (tertiary/aromatic N) is 5. The summed E-state index contributed by atoms with van der Waals surface area (Å²) in [6.07, 6.45) is 18.4. The smallest absolute Gasteiger partial charge is 0.223 e. The van der Waals surface area contributed by atoms with Gasteiger partial charge < -0.3 is 9.80 Å². The quantitative estimate of drug-likeness (QED) is 0.372. The second-order valence-corrected chi connectivity index (χ2v) is 15.9. The second kappa shape index (κ2) is 14.1. The Morgan fingerprint density at radius 2 is 1.68 bits per heavy atom. The number of likely N-dealkylation sites (tertiary alicyclic amines) is 2. The molecule has 6 atom stereocenters. The Hall–Kier alpha value is -1.48. The fourth-order valence-electron chi connectivity index (χ4n) is 9.05. The summed E-state index contributed by atoms with van der Waals surface area (Å²) >= 11 is 10.2. The summed E-state index contributed by atoms with van der Waals surface area (Å²) < 4.78 is 1.11. The zero-order valence-corrected chi connectivity index (χ0v) is 29.1. The highest BCUT2D eigenvalue weighted by Crippen LogP contribution is 2.43. The van der Waals surface area contributed by atoms with Crippen molar-refractivity contribution in [2.75, 3.05) is 45.8 Å². The summed E-state index contributed by atoms with van der Waals surface area (Å²) in [4.78, 5) is 40.0. The van der Waals surface area contributed by atoms with Crippen LogP contribution < -0.4 is 0 Å². The molecule has 4 fully saturated rings. The van der Waals surface area contributed by atoms with Crippen LogP contribution in [0.5, 0.6) is 0 Å². The Kier molecular flexibility index (Phi) is 10.4. The molecule has 7 nitrogen and oxygen atoms in total. The van der Waals surface area contributed by atoms with Crippen LogP contribution in [-0.2, 0) is 9.59 Å². The van der Waals surface area contributed by atoms with E-state index >= 15 is 0 Å². The van der Waals surface area contributed by atoms with Gasteiger partial charge in [-0.25, -0.2) is 0 Å². The minimum atomic E-state index is 0.153. The van der Waals surface area contributed by atoms with Crippen LogP contribution in [0.4, 0.5) is 0 Å². The minimum absolute atomic E-state index is 0.153. The molecule has 9 heteroatoms. The molecule has 2 aliphatic carbocycles. The van der Waals surface area contributed by atoms with Gasteiger partial charge in [0.2, 0.25) is 11.8 Å². The molecule has 0 radical (unpaired) electrons. The lowest BCUT2D eigenvalue weighted by Crippen LogP contribution is -2.61. The molecule has 1 saturated carbocycles. The summed E-state index contributed by atoms with van der Waals surface area (Å²) in [6.45, 7) is 12.7. The third-order valence-corrected chi connectivity index (χ3v) is 12.3. The maximum atomic E-state index is 13.6. The summed E-state index contributed by atoms with van der Waals surface area (Å²) in [5, 5.41) is 0.879. The summed E-state index contributed by atoms with van der Waals surface area (Å²) in [6, 6.07) is 1.50. The molecule has 6 unspecified atom stereocenters. The van der Waals surface area contributed by atoms with E-state index in [4.69, 9.17) is 16.6 Å². The molecule has 0 aromatic heterocycles. The number of fused-ring (bicyclic) bond motifs is 2. The van der Waals surface area contributed by atoms with Gasteiger partial charge in [-0.2, -0.15) is 0 Å². The monoisotopic (exact) mass is 687 g/mol. The predicted molar refractivity (Wildman–Crippen MR) is 182 cm³/mol. The largest absolute Gasteiger partial charge is 0.343 e. The minimum Gasteiger partial charge on any atom is -0.343 e. The highest BCUT2D eigenvalue weighted by atomic mass is 79.9. The van der Waals surface area contributed by atoms with Crippen LogP contribution >= 0.6 is 27.5 Å².